The van der Waals surface area contributed by atoms with Gasteiger partial charge >= 0.3 is 0 Å². The third-order valence-corrected chi connectivity index (χ3v) is 6.35. The highest BCUT2D eigenvalue weighted by atomic mass is 16.5. The number of ether oxygens (including phenoxy) is 1. The Labute approximate surface area is 174 Å². The Morgan fingerprint density at radius 2 is 1.93 bits per heavy atom. The van der Waals surface area contributed by atoms with E-state index in [2.05, 4.69) is 35.7 Å². The molecule has 1 aliphatic carbocycles. The highest BCUT2D eigenvalue weighted by Crippen LogP contribution is 2.43. The number of hydrogen-bond acceptors (Lipinski definition) is 3. The zero-order chi connectivity index (χ0) is 20.3. The van der Waals surface area contributed by atoms with E-state index in [0.29, 0.717) is 0 Å². The van der Waals surface area contributed by atoms with Gasteiger partial charge in [0.25, 0.3) is 5.91 Å². The monoisotopic (exact) mass is 392 g/mol. The lowest BCUT2D eigenvalue weighted by molar-refractivity contribution is 0.0362. The molecule has 3 aliphatic rings. The number of benzene rings is 1. The lowest BCUT2D eigenvalue weighted by atomic mass is 9.82. The molecule has 0 radical (unpaired) electrons. The minimum atomic E-state index is -0.227. The molecule has 0 saturated carbocycles. The van der Waals surface area contributed by atoms with Crippen LogP contribution in [0.2, 0.25) is 0 Å². The number of nitrogens with zero attached hydrogens (tertiary/aromatic N) is 1. The van der Waals surface area contributed by atoms with Crippen LogP contribution in [0.5, 0.6) is 0 Å². The zero-order valence-electron chi connectivity index (χ0n) is 17.7. The van der Waals surface area contributed by atoms with Crippen LogP contribution in [-0.4, -0.2) is 42.6 Å². The molecule has 1 N–H and O–H groups in total. The predicted octanol–water partition coefficient (Wildman–Crippen LogP) is 4.70. The molecule has 2 aliphatic heterocycles. The van der Waals surface area contributed by atoms with Gasteiger partial charge in [0.2, 0.25) is 0 Å². The predicted molar refractivity (Wildman–Crippen MR) is 118 cm³/mol. The number of amides is 1. The smallest absolute Gasteiger partial charge is 0.253 e. The molecule has 0 aromatic heterocycles. The third kappa shape index (κ3) is 4.04. The molecule has 0 bridgehead atoms. The van der Waals surface area contributed by atoms with E-state index < -0.39 is 0 Å². The van der Waals surface area contributed by atoms with Crippen molar-refractivity contribution in [3.05, 3.63) is 65.0 Å². The Morgan fingerprint density at radius 3 is 2.69 bits per heavy atom. The molecule has 4 heteroatoms. The normalized spacial score (nSPS) is 23.9. The molecule has 1 fully saturated rings. The quantitative estimate of drug-likeness (QED) is 0.808. The van der Waals surface area contributed by atoms with Gasteiger partial charge in [-0.05, 0) is 88.0 Å². The Bertz CT molecular complexity index is 836. The van der Waals surface area contributed by atoms with Crippen molar-refractivity contribution in [1.82, 2.24) is 10.2 Å². The molecule has 2 heterocycles. The average molecular weight is 393 g/mol. The van der Waals surface area contributed by atoms with Gasteiger partial charge in [-0.1, -0.05) is 18.2 Å². The van der Waals surface area contributed by atoms with E-state index >= 15 is 0 Å². The van der Waals surface area contributed by atoms with Crippen LogP contribution in [0, 0.1) is 0 Å². The maximum absolute atomic E-state index is 12.7. The summed E-state index contributed by atoms with van der Waals surface area (Å²) >= 11 is 0. The maximum atomic E-state index is 12.7. The molecule has 4 nitrogen and oxygen atoms in total. The minimum absolute atomic E-state index is 0.106. The first kappa shape index (κ1) is 20.0. The molecule has 4 rings (SSSR count). The summed E-state index contributed by atoms with van der Waals surface area (Å²) in [5.74, 6) is 1.15. The number of allylic oxidation sites excluding steroid dienone is 4. The van der Waals surface area contributed by atoms with E-state index in [0.717, 1.165) is 69.6 Å². The van der Waals surface area contributed by atoms with Crippen LogP contribution in [0.3, 0.4) is 0 Å². The summed E-state index contributed by atoms with van der Waals surface area (Å²) in [6.45, 7) is 7.55. The van der Waals surface area contributed by atoms with E-state index in [9.17, 15) is 4.79 Å². The first-order valence-corrected chi connectivity index (χ1v) is 11.1. The molecular weight excluding hydrogens is 360 g/mol. The lowest BCUT2D eigenvalue weighted by Gasteiger charge is -2.38. The van der Waals surface area contributed by atoms with Crippen molar-refractivity contribution in [2.75, 3.05) is 26.2 Å². The van der Waals surface area contributed by atoms with Crippen LogP contribution in [0.15, 0.2) is 53.8 Å². The van der Waals surface area contributed by atoms with Crippen LogP contribution in [-0.2, 0) is 4.74 Å². The fourth-order valence-electron chi connectivity index (χ4n) is 4.66. The van der Waals surface area contributed by atoms with Gasteiger partial charge in [0.05, 0.1) is 0 Å². The lowest BCUT2D eigenvalue weighted by Crippen LogP contribution is -2.34. The van der Waals surface area contributed by atoms with E-state index in [1.54, 1.807) is 0 Å². The molecule has 1 saturated heterocycles. The van der Waals surface area contributed by atoms with Gasteiger partial charge in [-0.15, -0.1) is 0 Å². The molecule has 1 spiro atoms. The van der Waals surface area contributed by atoms with Crippen LogP contribution in [0.25, 0.3) is 5.57 Å². The molecule has 1 unspecified atom stereocenters. The molecule has 1 aromatic rings. The van der Waals surface area contributed by atoms with Crippen LogP contribution < -0.4 is 5.32 Å². The van der Waals surface area contributed by atoms with Crippen molar-refractivity contribution in [3.63, 3.8) is 0 Å². The number of carbonyl (C=O) groups is 1. The maximum Gasteiger partial charge on any atom is 0.253 e. The van der Waals surface area contributed by atoms with E-state index in [-0.39, 0.29) is 11.5 Å². The van der Waals surface area contributed by atoms with E-state index in [1.807, 2.05) is 30.9 Å². The minimum Gasteiger partial charge on any atom is -0.483 e. The first-order chi connectivity index (χ1) is 14.2. The summed E-state index contributed by atoms with van der Waals surface area (Å²) in [4.78, 5) is 14.5. The van der Waals surface area contributed by atoms with Crippen LogP contribution in [0.1, 0.15) is 61.9 Å². The summed E-state index contributed by atoms with van der Waals surface area (Å²) in [7, 11) is 0. The van der Waals surface area contributed by atoms with E-state index in [1.165, 1.54) is 16.7 Å². The van der Waals surface area contributed by atoms with Gasteiger partial charge in [-0.2, -0.15) is 0 Å². The largest absolute Gasteiger partial charge is 0.483 e. The second-order valence-electron chi connectivity index (χ2n) is 8.17. The standard InChI is InChI=1S/C25H32N2O2/c1-3-27(4-2)24(28)20-12-10-19(11-13-20)22-18-25(14-7-16-26-17-15-25)29-23-9-6-5-8-21(22)23/h6,9-13,18,26H,3-5,7-8,14-17H2,1-2H3. The van der Waals surface area contributed by atoms with Gasteiger partial charge in [0.1, 0.15) is 11.4 Å². The third-order valence-electron chi connectivity index (χ3n) is 6.35. The highest BCUT2D eigenvalue weighted by molar-refractivity contribution is 5.95. The average Bonchev–Trinajstić information content (AvgIpc) is 2.99. The molecule has 29 heavy (non-hydrogen) atoms. The van der Waals surface area contributed by atoms with Gasteiger partial charge < -0.3 is 15.0 Å². The fourth-order valence-corrected chi connectivity index (χ4v) is 4.66. The number of carbonyl (C=O) groups excluding carboxylic acids is 1. The summed E-state index contributed by atoms with van der Waals surface area (Å²) < 4.78 is 6.59. The summed E-state index contributed by atoms with van der Waals surface area (Å²) in [5.41, 5.74) is 4.31. The molecule has 1 atom stereocenters. The second kappa shape index (κ2) is 8.58. The Kier molecular flexibility index (Phi) is 5.91. The Balaban J connectivity index is 1.68. The summed E-state index contributed by atoms with van der Waals surface area (Å²) in [5, 5.41) is 3.50. The highest BCUT2D eigenvalue weighted by Gasteiger charge is 2.37. The molecule has 1 aromatic carbocycles. The number of rotatable bonds is 4. The summed E-state index contributed by atoms with van der Waals surface area (Å²) in [6, 6.07) is 8.18. The zero-order valence-corrected chi connectivity index (χ0v) is 17.7. The van der Waals surface area contributed by atoms with Crippen LogP contribution in [0.4, 0.5) is 0 Å². The van der Waals surface area contributed by atoms with E-state index in [4.69, 9.17) is 4.74 Å². The van der Waals surface area contributed by atoms with Crippen molar-refractivity contribution < 1.29 is 9.53 Å². The summed E-state index contributed by atoms with van der Waals surface area (Å²) in [6.07, 6.45) is 11.9. The fraction of sp³-hybridized carbons (Fsp3) is 0.480. The number of nitrogens with one attached hydrogen (secondary N) is 1. The van der Waals surface area contributed by atoms with Crippen molar-refractivity contribution in [2.24, 2.45) is 0 Å². The molecule has 154 valence electrons. The van der Waals surface area contributed by atoms with Crippen molar-refractivity contribution in [1.29, 1.82) is 0 Å². The molecule has 1 amide bonds. The first-order valence-electron chi connectivity index (χ1n) is 11.1. The van der Waals surface area contributed by atoms with Gasteiger partial charge in [0, 0.05) is 30.6 Å². The number of hydrogen-bond donors (Lipinski definition) is 1. The van der Waals surface area contributed by atoms with Crippen molar-refractivity contribution >= 4 is 11.5 Å². The SMILES string of the molecule is CCN(CC)C(=O)c1ccc(C2=CC3(CCCNCC3)OC3=C2CCC=C3)cc1. The van der Waals surface area contributed by atoms with Gasteiger partial charge in [0.15, 0.2) is 0 Å². The van der Waals surface area contributed by atoms with Crippen LogP contribution >= 0.6 is 0 Å². The van der Waals surface area contributed by atoms with Gasteiger partial charge in [-0.3, -0.25) is 4.79 Å². The Morgan fingerprint density at radius 1 is 1.14 bits per heavy atom. The molecular formula is C25H32N2O2. The second-order valence-corrected chi connectivity index (χ2v) is 8.17. The van der Waals surface area contributed by atoms with Gasteiger partial charge in [-0.25, -0.2) is 0 Å². The Hall–Kier alpha value is -2.33. The topological polar surface area (TPSA) is 41.6 Å². The van der Waals surface area contributed by atoms with Crippen molar-refractivity contribution in [3.8, 4) is 0 Å². The van der Waals surface area contributed by atoms with Crippen molar-refractivity contribution in [2.45, 2.75) is 51.6 Å².